The molecule has 1 aliphatic heterocycles. The van der Waals surface area contributed by atoms with Crippen LogP contribution in [0.2, 0.25) is 0 Å². The van der Waals surface area contributed by atoms with Gasteiger partial charge in [-0.05, 0) is 44.1 Å². The van der Waals surface area contributed by atoms with Crippen LogP contribution in [0.4, 0.5) is 0 Å². The van der Waals surface area contributed by atoms with E-state index in [0.29, 0.717) is 41.0 Å². The van der Waals surface area contributed by atoms with E-state index in [1.165, 1.54) is 0 Å². The number of carbonyl (C=O) groups is 1. The van der Waals surface area contributed by atoms with Crippen LogP contribution >= 0.6 is 0 Å². The van der Waals surface area contributed by atoms with Crippen molar-refractivity contribution in [3.8, 4) is 0 Å². The zero-order chi connectivity index (χ0) is 18.3. The highest BCUT2D eigenvalue weighted by Gasteiger charge is 2.38. The van der Waals surface area contributed by atoms with Gasteiger partial charge in [0, 0.05) is 24.7 Å². The summed E-state index contributed by atoms with van der Waals surface area (Å²) in [4.78, 5) is 44.9. The van der Waals surface area contributed by atoms with Crippen molar-refractivity contribution in [2.75, 3.05) is 27.2 Å². The molecule has 2 atom stereocenters. The van der Waals surface area contributed by atoms with Crippen molar-refractivity contribution < 1.29 is 4.79 Å². The number of aromatic amines is 2. The predicted molar refractivity (Wildman–Crippen MR) is 96.9 cm³/mol. The molecule has 1 fully saturated rings. The average molecular weight is 344 g/mol. The van der Waals surface area contributed by atoms with E-state index in [0.717, 1.165) is 6.54 Å². The summed E-state index contributed by atoms with van der Waals surface area (Å²) in [5.74, 6) is 0.864. The number of rotatable bonds is 3. The number of nitrogens with zero attached hydrogens (tertiary/aromatic N) is 2. The van der Waals surface area contributed by atoms with E-state index >= 15 is 0 Å². The zero-order valence-electron chi connectivity index (χ0n) is 15.0. The highest BCUT2D eigenvalue weighted by atomic mass is 16.2. The number of amides is 1. The van der Waals surface area contributed by atoms with Crippen LogP contribution in [0.15, 0.2) is 27.8 Å². The third kappa shape index (κ3) is 3.24. The zero-order valence-corrected chi connectivity index (χ0v) is 15.0. The van der Waals surface area contributed by atoms with Gasteiger partial charge in [-0.2, -0.15) is 0 Å². The fourth-order valence-electron chi connectivity index (χ4n) is 3.61. The molecular formula is C18H24N4O3. The number of hydrogen-bond acceptors (Lipinski definition) is 4. The number of likely N-dealkylation sites (N-methyl/N-ethyl adjacent to an activating group) is 1. The first-order valence-electron chi connectivity index (χ1n) is 8.50. The van der Waals surface area contributed by atoms with Crippen molar-refractivity contribution in [3.05, 3.63) is 44.5 Å². The van der Waals surface area contributed by atoms with Crippen molar-refractivity contribution in [2.45, 2.75) is 19.9 Å². The Bertz CT molecular complexity index is 896. The van der Waals surface area contributed by atoms with Gasteiger partial charge in [0.25, 0.3) is 5.91 Å². The monoisotopic (exact) mass is 344 g/mol. The van der Waals surface area contributed by atoms with E-state index in [2.05, 4.69) is 28.7 Å². The van der Waals surface area contributed by atoms with E-state index in [1.807, 2.05) is 19.0 Å². The highest BCUT2D eigenvalue weighted by Crippen LogP contribution is 2.28. The second-order valence-electron chi connectivity index (χ2n) is 7.32. The number of likely N-dealkylation sites (tertiary alicyclic amines) is 1. The minimum atomic E-state index is -0.717. The molecule has 1 aliphatic rings. The number of aromatic nitrogens is 2. The van der Waals surface area contributed by atoms with Gasteiger partial charge >= 0.3 is 11.1 Å². The van der Waals surface area contributed by atoms with Gasteiger partial charge in [-0.1, -0.05) is 13.8 Å². The molecular weight excluding hydrogens is 320 g/mol. The number of H-pyrrole nitrogens is 2. The second-order valence-corrected chi connectivity index (χ2v) is 7.32. The maximum atomic E-state index is 12.9. The minimum absolute atomic E-state index is 0.0519. The van der Waals surface area contributed by atoms with Crippen molar-refractivity contribution in [1.82, 2.24) is 19.8 Å². The molecule has 0 aliphatic carbocycles. The van der Waals surface area contributed by atoms with Crippen LogP contribution in [-0.4, -0.2) is 58.9 Å². The molecule has 0 saturated carbocycles. The summed E-state index contributed by atoms with van der Waals surface area (Å²) in [5, 5.41) is 0. The van der Waals surface area contributed by atoms with Crippen molar-refractivity contribution in [1.29, 1.82) is 0 Å². The summed E-state index contributed by atoms with van der Waals surface area (Å²) in [6.07, 6.45) is 0. The first-order chi connectivity index (χ1) is 11.8. The van der Waals surface area contributed by atoms with Gasteiger partial charge in [-0.15, -0.1) is 0 Å². The van der Waals surface area contributed by atoms with Crippen LogP contribution in [0, 0.1) is 11.8 Å². The Kier molecular flexibility index (Phi) is 4.51. The lowest BCUT2D eigenvalue weighted by Crippen LogP contribution is -2.37. The van der Waals surface area contributed by atoms with Gasteiger partial charge in [0.15, 0.2) is 0 Å². The van der Waals surface area contributed by atoms with Crippen molar-refractivity contribution >= 4 is 16.9 Å². The largest absolute Gasteiger partial charge is 0.337 e. The summed E-state index contributed by atoms with van der Waals surface area (Å²) in [6, 6.07) is 5.30. The van der Waals surface area contributed by atoms with Crippen molar-refractivity contribution in [3.63, 3.8) is 0 Å². The number of carbonyl (C=O) groups excluding carboxylic acids is 1. The molecule has 0 radical (unpaired) electrons. The molecule has 7 nitrogen and oxygen atoms in total. The van der Waals surface area contributed by atoms with Crippen LogP contribution < -0.4 is 11.1 Å². The Hall–Kier alpha value is -2.41. The Balaban J connectivity index is 1.90. The minimum Gasteiger partial charge on any atom is -0.337 e. The molecule has 3 rings (SSSR count). The Morgan fingerprint density at radius 3 is 2.32 bits per heavy atom. The molecule has 1 aromatic heterocycles. The Labute approximate surface area is 145 Å². The SMILES string of the molecule is CC(C)[C@@H]1CN(C(=O)c2ccc3[nH]c(=O)c(=O)[nH]c3c2)C[C@H]1N(C)C. The van der Waals surface area contributed by atoms with E-state index in [4.69, 9.17) is 0 Å². The van der Waals surface area contributed by atoms with Crippen molar-refractivity contribution in [2.24, 2.45) is 11.8 Å². The summed E-state index contributed by atoms with van der Waals surface area (Å²) in [5.41, 5.74) is 0.0654. The van der Waals surface area contributed by atoms with Gasteiger partial charge in [0.05, 0.1) is 11.0 Å². The van der Waals surface area contributed by atoms with Crippen LogP contribution in [-0.2, 0) is 0 Å². The molecule has 1 aromatic carbocycles. The Morgan fingerprint density at radius 2 is 1.76 bits per heavy atom. The lowest BCUT2D eigenvalue weighted by molar-refractivity contribution is 0.0780. The average Bonchev–Trinajstić information content (AvgIpc) is 3.00. The number of nitrogens with one attached hydrogen (secondary N) is 2. The fraction of sp³-hybridized carbons (Fsp3) is 0.500. The molecule has 0 spiro atoms. The third-order valence-corrected chi connectivity index (χ3v) is 5.11. The van der Waals surface area contributed by atoms with Gasteiger partial charge < -0.3 is 19.8 Å². The summed E-state index contributed by atoms with van der Waals surface area (Å²) in [7, 11) is 4.09. The lowest BCUT2D eigenvalue weighted by atomic mass is 9.91. The molecule has 2 N–H and O–H groups in total. The molecule has 0 unspecified atom stereocenters. The van der Waals surface area contributed by atoms with Gasteiger partial charge in [0.1, 0.15) is 0 Å². The topological polar surface area (TPSA) is 89.3 Å². The van der Waals surface area contributed by atoms with E-state index in [9.17, 15) is 14.4 Å². The molecule has 2 aromatic rings. The number of benzene rings is 1. The van der Waals surface area contributed by atoms with Crippen LogP contribution in [0.3, 0.4) is 0 Å². The lowest BCUT2D eigenvalue weighted by Gasteiger charge is -2.27. The van der Waals surface area contributed by atoms with Gasteiger partial charge in [-0.3, -0.25) is 14.4 Å². The smallest absolute Gasteiger partial charge is 0.314 e. The Morgan fingerprint density at radius 1 is 1.12 bits per heavy atom. The van der Waals surface area contributed by atoms with Crippen LogP contribution in [0.5, 0.6) is 0 Å². The van der Waals surface area contributed by atoms with Gasteiger partial charge in [0.2, 0.25) is 0 Å². The van der Waals surface area contributed by atoms with E-state index < -0.39 is 11.1 Å². The first-order valence-corrected chi connectivity index (χ1v) is 8.50. The van der Waals surface area contributed by atoms with Crippen LogP contribution in [0.25, 0.3) is 11.0 Å². The molecule has 0 bridgehead atoms. The summed E-state index contributed by atoms with van der Waals surface area (Å²) in [6.45, 7) is 5.78. The molecule has 7 heteroatoms. The molecule has 134 valence electrons. The molecule has 25 heavy (non-hydrogen) atoms. The first kappa shape index (κ1) is 17.4. The third-order valence-electron chi connectivity index (χ3n) is 5.11. The van der Waals surface area contributed by atoms with E-state index in [-0.39, 0.29) is 5.91 Å². The quantitative estimate of drug-likeness (QED) is 0.809. The summed E-state index contributed by atoms with van der Waals surface area (Å²) < 4.78 is 0. The highest BCUT2D eigenvalue weighted by molar-refractivity contribution is 5.97. The number of hydrogen-bond donors (Lipinski definition) is 2. The molecule has 1 amide bonds. The normalized spacial score (nSPS) is 20.8. The number of fused-ring (bicyclic) bond motifs is 1. The maximum Gasteiger partial charge on any atom is 0.314 e. The molecule has 2 heterocycles. The maximum absolute atomic E-state index is 12.9. The summed E-state index contributed by atoms with van der Waals surface area (Å²) >= 11 is 0. The van der Waals surface area contributed by atoms with E-state index in [1.54, 1.807) is 18.2 Å². The van der Waals surface area contributed by atoms with Crippen LogP contribution in [0.1, 0.15) is 24.2 Å². The fourth-order valence-corrected chi connectivity index (χ4v) is 3.61. The van der Waals surface area contributed by atoms with Gasteiger partial charge in [-0.25, -0.2) is 0 Å². The predicted octanol–water partition coefficient (Wildman–Crippen LogP) is 0.875. The standard InChI is InChI=1S/C18H24N4O3/c1-10(2)12-8-22(9-15(12)21(3)4)18(25)11-5-6-13-14(7-11)20-17(24)16(23)19-13/h5-7,10,12,15H,8-9H2,1-4H3,(H,19,23)(H,20,24)/t12-,15+/m0/s1. The second kappa shape index (κ2) is 6.48. The molecule has 1 saturated heterocycles.